The Morgan fingerprint density at radius 3 is 2.53 bits per heavy atom. The van der Waals surface area contributed by atoms with Crippen LogP contribution >= 0.6 is 0 Å². The van der Waals surface area contributed by atoms with E-state index in [1.54, 1.807) is 16.6 Å². The molecule has 2 aliphatic heterocycles. The van der Waals surface area contributed by atoms with Gasteiger partial charge in [-0.15, -0.1) is 0 Å². The molecule has 3 heterocycles. The van der Waals surface area contributed by atoms with Crippen molar-refractivity contribution < 1.29 is 13.2 Å². The van der Waals surface area contributed by atoms with Crippen LogP contribution in [0.15, 0.2) is 42.6 Å². The molecule has 2 aromatic rings. The maximum atomic E-state index is 13.3. The summed E-state index contributed by atoms with van der Waals surface area (Å²) in [6.07, 6.45) is 5.55. The predicted octanol–water partition coefficient (Wildman–Crippen LogP) is 2.65. The number of carbonyl (C=O) groups is 1. The van der Waals surface area contributed by atoms with E-state index in [-0.39, 0.29) is 17.2 Å². The van der Waals surface area contributed by atoms with E-state index in [1.165, 1.54) is 5.56 Å². The standard InChI is InChI=1S/C22H26N4O3S/c27-22(26-15-9-16-4-1-2-6-20(16)26)19-5-3-12-23-21(19)24-17-10-13-25(14-11-17)30(28,29)18-7-8-18/h1-6,12,17-18H,7-11,13-15H2,(H,23,24). The number of carbonyl (C=O) groups excluding carboxylic acids is 1. The van der Waals surface area contributed by atoms with Crippen LogP contribution in [0.5, 0.6) is 0 Å². The number of hydrogen-bond donors (Lipinski definition) is 1. The number of amides is 1. The summed E-state index contributed by atoms with van der Waals surface area (Å²) < 4.78 is 26.5. The minimum atomic E-state index is -3.12. The number of fused-ring (bicyclic) bond motifs is 1. The first kappa shape index (κ1) is 19.5. The van der Waals surface area contributed by atoms with Crippen LogP contribution in [0.2, 0.25) is 0 Å². The van der Waals surface area contributed by atoms with Gasteiger partial charge < -0.3 is 10.2 Å². The molecule has 1 N–H and O–H groups in total. The summed E-state index contributed by atoms with van der Waals surface area (Å²) in [4.78, 5) is 19.6. The average Bonchev–Trinajstić information content (AvgIpc) is 3.55. The van der Waals surface area contributed by atoms with E-state index in [9.17, 15) is 13.2 Å². The quantitative estimate of drug-likeness (QED) is 0.795. The Kier molecular flexibility index (Phi) is 4.99. The number of hydrogen-bond acceptors (Lipinski definition) is 5. The number of aromatic nitrogens is 1. The van der Waals surface area contributed by atoms with Gasteiger partial charge in [0.1, 0.15) is 5.82 Å². The second-order valence-corrected chi connectivity index (χ2v) is 10.5. The zero-order valence-electron chi connectivity index (χ0n) is 16.8. The highest BCUT2D eigenvalue weighted by Crippen LogP contribution is 2.33. The summed E-state index contributed by atoms with van der Waals surface area (Å²) in [5.41, 5.74) is 2.71. The molecular weight excluding hydrogens is 400 g/mol. The van der Waals surface area contributed by atoms with Gasteiger partial charge in [-0.2, -0.15) is 0 Å². The van der Waals surface area contributed by atoms with Crippen LogP contribution < -0.4 is 10.2 Å². The van der Waals surface area contributed by atoms with Crippen molar-refractivity contribution in [2.75, 3.05) is 29.9 Å². The maximum absolute atomic E-state index is 13.3. The van der Waals surface area contributed by atoms with Gasteiger partial charge in [-0.25, -0.2) is 17.7 Å². The van der Waals surface area contributed by atoms with Crippen LogP contribution in [-0.2, 0) is 16.4 Å². The zero-order chi connectivity index (χ0) is 20.7. The summed E-state index contributed by atoms with van der Waals surface area (Å²) in [7, 11) is -3.12. The number of nitrogens with one attached hydrogen (secondary N) is 1. The maximum Gasteiger partial charge on any atom is 0.262 e. The van der Waals surface area contributed by atoms with E-state index in [0.29, 0.717) is 43.9 Å². The number of anilines is 2. The van der Waals surface area contributed by atoms with Crippen LogP contribution in [0.1, 0.15) is 41.6 Å². The number of para-hydroxylation sites is 1. The third kappa shape index (κ3) is 3.58. The van der Waals surface area contributed by atoms with E-state index in [2.05, 4.69) is 16.4 Å². The van der Waals surface area contributed by atoms with Gasteiger partial charge in [0.25, 0.3) is 5.91 Å². The van der Waals surface area contributed by atoms with Crippen molar-refractivity contribution in [3.8, 4) is 0 Å². The Balaban J connectivity index is 1.29. The van der Waals surface area contributed by atoms with Gasteiger partial charge >= 0.3 is 0 Å². The Morgan fingerprint density at radius 1 is 1.00 bits per heavy atom. The van der Waals surface area contributed by atoms with Crippen molar-refractivity contribution in [3.63, 3.8) is 0 Å². The molecule has 7 nitrogen and oxygen atoms in total. The van der Waals surface area contributed by atoms with Crippen LogP contribution in [-0.4, -0.2) is 54.5 Å². The highest BCUT2D eigenvalue weighted by atomic mass is 32.2. The van der Waals surface area contributed by atoms with Gasteiger partial charge in [-0.05, 0) is 55.9 Å². The molecule has 0 unspecified atom stereocenters. The van der Waals surface area contributed by atoms with Gasteiger partial charge in [0, 0.05) is 37.6 Å². The second kappa shape index (κ2) is 7.67. The lowest BCUT2D eigenvalue weighted by molar-refractivity contribution is 0.0990. The number of rotatable bonds is 5. The number of sulfonamides is 1. The first-order chi connectivity index (χ1) is 14.5. The van der Waals surface area contributed by atoms with Gasteiger partial charge in [-0.1, -0.05) is 18.2 Å². The fourth-order valence-electron chi connectivity index (χ4n) is 4.41. The summed E-state index contributed by atoms with van der Waals surface area (Å²) in [6, 6.07) is 11.7. The van der Waals surface area contributed by atoms with Crippen LogP contribution in [0, 0.1) is 0 Å². The minimum Gasteiger partial charge on any atom is -0.367 e. The molecule has 0 spiro atoms. The molecule has 2 fully saturated rings. The van der Waals surface area contributed by atoms with E-state index in [1.807, 2.05) is 29.2 Å². The van der Waals surface area contributed by atoms with Crippen LogP contribution in [0.4, 0.5) is 11.5 Å². The molecule has 30 heavy (non-hydrogen) atoms. The molecule has 0 atom stereocenters. The first-order valence-electron chi connectivity index (χ1n) is 10.6. The van der Waals surface area contributed by atoms with Crippen molar-refractivity contribution in [1.82, 2.24) is 9.29 Å². The first-order valence-corrected chi connectivity index (χ1v) is 12.1. The third-order valence-electron chi connectivity index (χ3n) is 6.27. The summed E-state index contributed by atoms with van der Waals surface area (Å²) in [5.74, 6) is 0.527. The summed E-state index contributed by atoms with van der Waals surface area (Å²) >= 11 is 0. The van der Waals surface area contributed by atoms with E-state index in [0.717, 1.165) is 24.9 Å². The molecule has 1 aliphatic carbocycles. The lowest BCUT2D eigenvalue weighted by Gasteiger charge is -2.32. The van der Waals surface area contributed by atoms with Gasteiger partial charge in [0.05, 0.1) is 10.8 Å². The van der Waals surface area contributed by atoms with E-state index >= 15 is 0 Å². The Hall–Kier alpha value is -2.45. The highest BCUT2D eigenvalue weighted by Gasteiger charge is 2.41. The molecular formula is C22H26N4O3S. The largest absolute Gasteiger partial charge is 0.367 e. The molecule has 0 radical (unpaired) electrons. The van der Waals surface area contributed by atoms with Crippen LogP contribution in [0.3, 0.4) is 0 Å². The minimum absolute atomic E-state index is 0.0516. The molecule has 1 saturated carbocycles. The van der Waals surface area contributed by atoms with Crippen molar-refractivity contribution in [1.29, 1.82) is 0 Å². The average molecular weight is 427 g/mol. The predicted molar refractivity (Wildman–Crippen MR) is 116 cm³/mol. The van der Waals surface area contributed by atoms with Gasteiger partial charge in [-0.3, -0.25) is 4.79 Å². The molecule has 1 aromatic heterocycles. The fourth-order valence-corrected chi connectivity index (χ4v) is 6.29. The Bertz CT molecular complexity index is 1060. The van der Waals surface area contributed by atoms with Crippen molar-refractivity contribution in [2.45, 2.75) is 43.4 Å². The van der Waals surface area contributed by atoms with Crippen LogP contribution in [0.25, 0.3) is 0 Å². The molecule has 0 bridgehead atoms. The zero-order valence-corrected chi connectivity index (χ0v) is 17.6. The van der Waals surface area contributed by atoms with E-state index in [4.69, 9.17) is 0 Å². The topological polar surface area (TPSA) is 82.6 Å². The number of benzene rings is 1. The molecule has 3 aliphatic rings. The third-order valence-corrected chi connectivity index (χ3v) is 8.67. The Morgan fingerprint density at radius 2 is 1.77 bits per heavy atom. The molecule has 1 aromatic carbocycles. The number of piperidine rings is 1. The van der Waals surface area contributed by atoms with E-state index < -0.39 is 10.0 Å². The van der Waals surface area contributed by atoms with Crippen molar-refractivity contribution >= 4 is 27.4 Å². The molecule has 5 rings (SSSR count). The normalized spacial score (nSPS) is 20.2. The van der Waals surface area contributed by atoms with Crippen molar-refractivity contribution in [2.24, 2.45) is 0 Å². The molecule has 1 amide bonds. The molecule has 8 heteroatoms. The molecule has 158 valence electrons. The lowest BCUT2D eigenvalue weighted by atomic mass is 10.1. The Labute approximate surface area is 177 Å². The fraction of sp³-hybridized carbons (Fsp3) is 0.455. The number of nitrogens with zero attached hydrogens (tertiary/aromatic N) is 3. The number of pyridine rings is 1. The molecule has 1 saturated heterocycles. The van der Waals surface area contributed by atoms with Gasteiger partial charge in [0.2, 0.25) is 10.0 Å². The van der Waals surface area contributed by atoms with Gasteiger partial charge in [0.15, 0.2) is 0 Å². The summed E-state index contributed by atoms with van der Waals surface area (Å²) in [5, 5.41) is 3.25. The SMILES string of the molecule is O=C(c1cccnc1NC1CCN(S(=O)(=O)C2CC2)CC1)N1CCc2ccccc21. The highest BCUT2D eigenvalue weighted by molar-refractivity contribution is 7.90. The lowest BCUT2D eigenvalue weighted by Crippen LogP contribution is -2.44. The summed E-state index contributed by atoms with van der Waals surface area (Å²) in [6.45, 7) is 1.71. The monoisotopic (exact) mass is 426 g/mol. The smallest absolute Gasteiger partial charge is 0.262 e. The van der Waals surface area contributed by atoms with Crippen molar-refractivity contribution in [3.05, 3.63) is 53.7 Å². The second-order valence-electron chi connectivity index (χ2n) is 8.30.